The Morgan fingerprint density at radius 3 is 2.93 bits per heavy atom. The van der Waals surface area contributed by atoms with Gasteiger partial charge in [-0.25, -0.2) is 4.98 Å². The van der Waals surface area contributed by atoms with E-state index in [9.17, 15) is 0 Å². The van der Waals surface area contributed by atoms with Crippen molar-refractivity contribution in [1.29, 1.82) is 5.41 Å². The lowest BCUT2D eigenvalue weighted by atomic mass is 10.0. The van der Waals surface area contributed by atoms with E-state index in [1.165, 1.54) is 24.2 Å². The van der Waals surface area contributed by atoms with Gasteiger partial charge in [0.2, 0.25) is 0 Å². The molecular weight excluding hydrogens is 188 g/mol. The highest BCUT2D eigenvalue weighted by molar-refractivity contribution is 5.76. The summed E-state index contributed by atoms with van der Waals surface area (Å²) in [6.07, 6.45) is 5.40. The molecule has 82 valence electrons. The maximum absolute atomic E-state index is 7.25. The third-order valence-corrected chi connectivity index (χ3v) is 3.03. The van der Waals surface area contributed by atoms with E-state index < -0.39 is 0 Å². The molecule has 4 nitrogen and oxygen atoms in total. The number of fused-ring (bicyclic) bond motifs is 1. The van der Waals surface area contributed by atoms with Crippen molar-refractivity contribution < 1.29 is 0 Å². The molecule has 0 fully saturated rings. The molecule has 1 aromatic rings. The molecule has 4 heteroatoms. The van der Waals surface area contributed by atoms with Crippen molar-refractivity contribution in [3.05, 3.63) is 17.2 Å². The number of amidine groups is 1. The Bertz CT molecular complexity index is 378. The number of aromatic nitrogens is 2. The van der Waals surface area contributed by atoms with Crippen molar-refractivity contribution in [3.8, 4) is 0 Å². The number of rotatable bonds is 3. The number of nitrogens with zero attached hydrogens (tertiary/aromatic N) is 2. The van der Waals surface area contributed by atoms with Crippen LogP contribution in [0.5, 0.6) is 0 Å². The second-order valence-corrected chi connectivity index (χ2v) is 4.19. The zero-order chi connectivity index (χ0) is 10.8. The summed E-state index contributed by atoms with van der Waals surface area (Å²) in [6, 6.07) is 0. The van der Waals surface area contributed by atoms with Crippen LogP contribution in [0.4, 0.5) is 0 Å². The molecule has 2 rings (SSSR count). The van der Waals surface area contributed by atoms with Crippen LogP contribution in [-0.2, 0) is 19.4 Å². The molecule has 1 aliphatic carbocycles. The fourth-order valence-electron chi connectivity index (χ4n) is 2.26. The van der Waals surface area contributed by atoms with Gasteiger partial charge >= 0.3 is 0 Å². The van der Waals surface area contributed by atoms with Crippen molar-refractivity contribution in [2.24, 2.45) is 5.73 Å². The van der Waals surface area contributed by atoms with Gasteiger partial charge in [0, 0.05) is 18.7 Å². The summed E-state index contributed by atoms with van der Waals surface area (Å²) in [5, 5.41) is 7.25. The summed E-state index contributed by atoms with van der Waals surface area (Å²) in [5.74, 6) is 1.33. The lowest BCUT2D eigenvalue weighted by Crippen LogP contribution is -2.16. The molecule has 15 heavy (non-hydrogen) atoms. The molecule has 0 radical (unpaired) electrons. The highest BCUT2D eigenvalue weighted by Gasteiger charge is 2.17. The number of nitrogens with two attached hydrogens (primary N) is 1. The maximum atomic E-state index is 7.25. The van der Waals surface area contributed by atoms with Gasteiger partial charge in [-0.2, -0.15) is 0 Å². The Hall–Kier alpha value is -1.32. The Balaban J connectivity index is 2.21. The minimum Gasteiger partial charge on any atom is -0.388 e. The minimum atomic E-state index is 0.257. The Kier molecular flexibility index (Phi) is 2.75. The quantitative estimate of drug-likeness (QED) is 0.579. The van der Waals surface area contributed by atoms with Gasteiger partial charge in [0.1, 0.15) is 5.82 Å². The Morgan fingerprint density at radius 2 is 2.20 bits per heavy atom. The summed E-state index contributed by atoms with van der Waals surface area (Å²) < 4.78 is 2.23. The van der Waals surface area contributed by atoms with E-state index in [0.29, 0.717) is 6.42 Å². The molecule has 0 saturated heterocycles. The third kappa shape index (κ3) is 2.03. The monoisotopic (exact) mass is 206 g/mol. The standard InChI is InChI=1S/C11H18N4/c1-8-14-9-4-2-3-5-10(9)15(8)7-6-11(12)13/h2-7H2,1H3,(H3,12,13). The van der Waals surface area contributed by atoms with Gasteiger partial charge in [0.25, 0.3) is 0 Å². The van der Waals surface area contributed by atoms with E-state index >= 15 is 0 Å². The molecule has 1 aliphatic rings. The predicted molar refractivity (Wildman–Crippen MR) is 60.1 cm³/mol. The van der Waals surface area contributed by atoms with Crippen LogP contribution in [-0.4, -0.2) is 15.4 Å². The van der Waals surface area contributed by atoms with Crippen molar-refractivity contribution in [2.75, 3.05) is 0 Å². The van der Waals surface area contributed by atoms with Gasteiger partial charge in [-0.15, -0.1) is 0 Å². The highest BCUT2D eigenvalue weighted by Crippen LogP contribution is 2.22. The Morgan fingerprint density at radius 1 is 1.47 bits per heavy atom. The maximum Gasteiger partial charge on any atom is 0.106 e. The summed E-state index contributed by atoms with van der Waals surface area (Å²) in [4.78, 5) is 4.58. The molecule has 0 aliphatic heterocycles. The van der Waals surface area contributed by atoms with E-state index in [2.05, 4.69) is 9.55 Å². The Labute approximate surface area is 90.0 Å². The summed E-state index contributed by atoms with van der Waals surface area (Å²) in [6.45, 7) is 2.85. The molecular formula is C11H18N4. The summed E-state index contributed by atoms with van der Waals surface area (Å²) in [7, 11) is 0. The van der Waals surface area contributed by atoms with Crippen LogP contribution in [0.3, 0.4) is 0 Å². The first-order valence-corrected chi connectivity index (χ1v) is 5.56. The second kappa shape index (κ2) is 4.04. The zero-order valence-electron chi connectivity index (χ0n) is 9.21. The zero-order valence-corrected chi connectivity index (χ0v) is 9.21. The number of aryl methyl sites for hydroxylation is 2. The number of hydrogen-bond donors (Lipinski definition) is 2. The van der Waals surface area contributed by atoms with Crippen LogP contribution >= 0.6 is 0 Å². The van der Waals surface area contributed by atoms with Crippen molar-refractivity contribution in [1.82, 2.24) is 9.55 Å². The number of hydrogen-bond acceptors (Lipinski definition) is 2. The van der Waals surface area contributed by atoms with Gasteiger partial charge in [0.15, 0.2) is 0 Å². The normalized spacial score (nSPS) is 15.0. The summed E-state index contributed by atoms with van der Waals surface area (Å²) in [5.41, 5.74) is 8.03. The first kappa shape index (κ1) is 10.2. The first-order valence-electron chi connectivity index (χ1n) is 5.56. The lowest BCUT2D eigenvalue weighted by Gasteiger charge is -2.14. The fraction of sp³-hybridized carbons (Fsp3) is 0.636. The molecule has 0 aromatic carbocycles. The van der Waals surface area contributed by atoms with Gasteiger partial charge < -0.3 is 10.3 Å². The average Bonchev–Trinajstić information content (AvgIpc) is 2.50. The second-order valence-electron chi connectivity index (χ2n) is 4.19. The molecule has 0 unspecified atom stereocenters. The van der Waals surface area contributed by atoms with E-state index in [1.807, 2.05) is 6.92 Å². The van der Waals surface area contributed by atoms with Crippen LogP contribution in [0.1, 0.15) is 36.5 Å². The van der Waals surface area contributed by atoms with Gasteiger partial charge in [0.05, 0.1) is 11.5 Å². The van der Waals surface area contributed by atoms with Crippen LogP contribution in [0.15, 0.2) is 0 Å². The molecule has 0 spiro atoms. The van der Waals surface area contributed by atoms with Crippen LogP contribution in [0, 0.1) is 12.3 Å². The lowest BCUT2D eigenvalue weighted by molar-refractivity contribution is 0.604. The van der Waals surface area contributed by atoms with Crippen LogP contribution in [0.2, 0.25) is 0 Å². The summed E-state index contributed by atoms with van der Waals surface area (Å²) >= 11 is 0. The molecule has 1 aromatic heterocycles. The van der Waals surface area contributed by atoms with E-state index in [0.717, 1.165) is 25.2 Å². The molecule has 3 N–H and O–H groups in total. The molecule has 0 saturated carbocycles. The van der Waals surface area contributed by atoms with Crippen molar-refractivity contribution in [3.63, 3.8) is 0 Å². The van der Waals surface area contributed by atoms with Crippen molar-refractivity contribution >= 4 is 5.84 Å². The smallest absolute Gasteiger partial charge is 0.106 e. The number of nitrogens with one attached hydrogen (secondary N) is 1. The molecule has 0 bridgehead atoms. The van der Waals surface area contributed by atoms with Crippen molar-refractivity contribution in [2.45, 2.75) is 45.6 Å². The van der Waals surface area contributed by atoms with E-state index in [1.54, 1.807) is 0 Å². The highest BCUT2D eigenvalue weighted by atomic mass is 15.1. The molecule has 0 atom stereocenters. The van der Waals surface area contributed by atoms with Crippen LogP contribution < -0.4 is 5.73 Å². The fourth-order valence-corrected chi connectivity index (χ4v) is 2.26. The number of imidazole rings is 1. The van der Waals surface area contributed by atoms with Gasteiger partial charge in [-0.3, -0.25) is 5.41 Å². The van der Waals surface area contributed by atoms with Gasteiger partial charge in [-0.1, -0.05) is 0 Å². The largest absolute Gasteiger partial charge is 0.388 e. The minimum absolute atomic E-state index is 0.257. The van der Waals surface area contributed by atoms with Gasteiger partial charge in [-0.05, 0) is 32.6 Å². The van der Waals surface area contributed by atoms with Crippen LogP contribution in [0.25, 0.3) is 0 Å². The SMILES string of the molecule is Cc1nc2c(n1CCC(=N)N)CCCC2. The molecule has 0 amide bonds. The first-order chi connectivity index (χ1) is 7.18. The average molecular weight is 206 g/mol. The predicted octanol–water partition coefficient (Wildman–Crippen LogP) is 1.40. The topological polar surface area (TPSA) is 67.7 Å². The van der Waals surface area contributed by atoms with E-state index in [4.69, 9.17) is 11.1 Å². The van der Waals surface area contributed by atoms with E-state index in [-0.39, 0.29) is 5.84 Å². The molecule has 1 heterocycles. The third-order valence-electron chi connectivity index (χ3n) is 3.03.